The SMILES string of the molecule is N#CC1(NC(=O)COC(=O)[C@@H]2CC(=O)N(c3ccccc3F)C2)CCCCC1. The Labute approximate surface area is 162 Å². The third kappa shape index (κ3) is 4.30. The highest BCUT2D eigenvalue weighted by Gasteiger charge is 2.38. The first kappa shape index (κ1) is 19.8. The number of nitriles is 1. The number of anilines is 1. The first-order valence-corrected chi connectivity index (χ1v) is 9.38. The van der Waals surface area contributed by atoms with E-state index in [4.69, 9.17) is 4.74 Å². The van der Waals surface area contributed by atoms with Crippen LogP contribution in [0.2, 0.25) is 0 Å². The maximum absolute atomic E-state index is 13.9. The van der Waals surface area contributed by atoms with Crippen LogP contribution in [0.5, 0.6) is 0 Å². The van der Waals surface area contributed by atoms with Gasteiger partial charge in [0, 0.05) is 13.0 Å². The van der Waals surface area contributed by atoms with Crippen molar-refractivity contribution < 1.29 is 23.5 Å². The van der Waals surface area contributed by atoms with Gasteiger partial charge in [0.15, 0.2) is 6.61 Å². The van der Waals surface area contributed by atoms with Gasteiger partial charge in [0.25, 0.3) is 5.91 Å². The van der Waals surface area contributed by atoms with Crippen molar-refractivity contribution in [3.63, 3.8) is 0 Å². The molecule has 0 radical (unpaired) electrons. The minimum absolute atomic E-state index is 0.00233. The molecule has 0 unspecified atom stereocenters. The minimum atomic E-state index is -0.896. The zero-order valence-corrected chi connectivity index (χ0v) is 15.4. The van der Waals surface area contributed by atoms with Crippen molar-refractivity contribution in [2.75, 3.05) is 18.1 Å². The number of hydrogen-bond acceptors (Lipinski definition) is 5. The molecule has 148 valence electrons. The smallest absolute Gasteiger partial charge is 0.311 e. The number of esters is 1. The van der Waals surface area contributed by atoms with Crippen LogP contribution >= 0.6 is 0 Å². The second-order valence-electron chi connectivity index (χ2n) is 7.27. The second-order valence-corrected chi connectivity index (χ2v) is 7.27. The molecule has 1 N–H and O–H groups in total. The standard InChI is InChI=1S/C20H22FN3O4/c21-15-6-2-3-7-16(15)24-11-14(10-18(24)26)19(27)28-12-17(25)23-20(13-22)8-4-1-5-9-20/h2-3,6-7,14H,1,4-5,8-12H2,(H,23,25)/t14-/m1/s1. The van der Waals surface area contributed by atoms with Crippen molar-refractivity contribution in [2.24, 2.45) is 5.92 Å². The van der Waals surface area contributed by atoms with Crippen molar-refractivity contribution >= 4 is 23.5 Å². The number of amides is 2. The van der Waals surface area contributed by atoms with Gasteiger partial charge in [-0.05, 0) is 25.0 Å². The molecular weight excluding hydrogens is 365 g/mol. The first-order chi connectivity index (χ1) is 13.4. The van der Waals surface area contributed by atoms with Gasteiger partial charge in [0.05, 0.1) is 17.7 Å². The minimum Gasteiger partial charge on any atom is -0.455 e. The summed E-state index contributed by atoms with van der Waals surface area (Å²) in [5, 5.41) is 12.1. The number of para-hydroxylation sites is 1. The molecule has 0 bridgehead atoms. The van der Waals surface area contributed by atoms with Gasteiger partial charge in [0.2, 0.25) is 5.91 Å². The van der Waals surface area contributed by atoms with Gasteiger partial charge < -0.3 is 15.0 Å². The quantitative estimate of drug-likeness (QED) is 0.780. The maximum atomic E-state index is 13.9. The number of rotatable bonds is 5. The summed E-state index contributed by atoms with van der Waals surface area (Å²) in [6.07, 6.45) is 3.82. The van der Waals surface area contributed by atoms with E-state index in [0.717, 1.165) is 19.3 Å². The van der Waals surface area contributed by atoms with Crippen LogP contribution in [0, 0.1) is 23.1 Å². The second kappa shape index (κ2) is 8.38. The van der Waals surface area contributed by atoms with E-state index in [1.165, 1.54) is 23.1 Å². The van der Waals surface area contributed by atoms with Crippen LogP contribution in [-0.4, -0.2) is 36.5 Å². The maximum Gasteiger partial charge on any atom is 0.311 e. The molecule has 7 nitrogen and oxygen atoms in total. The van der Waals surface area contributed by atoms with Crippen molar-refractivity contribution in [3.05, 3.63) is 30.1 Å². The molecule has 1 saturated carbocycles. The van der Waals surface area contributed by atoms with Crippen molar-refractivity contribution in [1.82, 2.24) is 5.32 Å². The van der Waals surface area contributed by atoms with Crippen LogP contribution in [0.4, 0.5) is 10.1 Å². The lowest BCUT2D eigenvalue weighted by Gasteiger charge is -2.31. The van der Waals surface area contributed by atoms with E-state index in [0.29, 0.717) is 12.8 Å². The number of nitrogens with zero attached hydrogens (tertiary/aromatic N) is 2. The number of halogens is 1. The Bertz CT molecular complexity index is 814. The fraction of sp³-hybridized carbons (Fsp3) is 0.500. The third-order valence-electron chi connectivity index (χ3n) is 5.25. The van der Waals surface area contributed by atoms with Crippen LogP contribution in [0.25, 0.3) is 0 Å². The molecule has 1 aromatic carbocycles. The highest BCUT2D eigenvalue weighted by Crippen LogP contribution is 2.29. The van der Waals surface area contributed by atoms with Crippen LogP contribution in [0.1, 0.15) is 38.5 Å². The Kier molecular flexibility index (Phi) is 5.93. The van der Waals surface area contributed by atoms with Gasteiger partial charge in [-0.2, -0.15) is 5.26 Å². The fourth-order valence-corrected chi connectivity index (χ4v) is 3.75. The van der Waals surface area contributed by atoms with E-state index in [1.807, 2.05) is 0 Å². The third-order valence-corrected chi connectivity index (χ3v) is 5.25. The molecule has 0 spiro atoms. The molecule has 2 fully saturated rings. The predicted octanol–water partition coefficient (Wildman–Crippen LogP) is 2.06. The van der Waals surface area contributed by atoms with Crippen LogP contribution in [0.3, 0.4) is 0 Å². The molecular formula is C20H22FN3O4. The highest BCUT2D eigenvalue weighted by atomic mass is 19.1. The summed E-state index contributed by atoms with van der Waals surface area (Å²) in [6, 6.07) is 8.01. The van der Waals surface area contributed by atoms with Gasteiger partial charge in [-0.3, -0.25) is 14.4 Å². The van der Waals surface area contributed by atoms with Crippen molar-refractivity contribution in [3.8, 4) is 6.07 Å². The Hall–Kier alpha value is -2.95. The number of carbonyl (C=O) groups is 3. The zero-order valence-electron chi connectivity index (χ0n) is 15.4. The number of hydrogen-bond donors (Lipinski definition) is 1. The van der Waals surface area contributed by atoms with Crippen molar-refractivity contribution in [1.29, 1.82) is 5.26 Å². The lowest BCUT2D eigenvalue weighted by atomic mass is 9.83. The van der Waals surface area contributed by atoms with Gasteiger partial charge in [-0.15, -0.1) is 0 Å². The highest BCUT2D eigenvalue weighted by molar-refractivity contribution is 5.99. The van der Waals surface area contributed by atoms with Crippen molar-refractivity contribution in [2.45, 2.75) is 44.1 Å². The molecule has 28 heavy (non-hydrogen) atoms. The van der Waals surface area contributed by atoms with Gasteiger partial charge in [0.1, 0.15) is 11.4 Å². The average Bonchev–Trinajstić information content (AvgIpc) is 3.09. The molecule has 1 aliphatic carbocycles. The van der Waals surface area contributed by atoms with E-state index >= 15 is 0 Å². The van der Waals surface area contributed by atoms with E-state index in [-0.39, 0.29) is 24.6 Å². The Balaban J connectivity index is 1.53. The summed E-state index contributed by atoms with van der Waals surface area (Å²) in [5.74, 6) is -2.90. The molecule has 1 heterocycles. The van der Waals surface area contributed by atoms with Gasteiger partial charge in [-0.25, -0.2) is 4.39 Å². The molecule has 8 heteroatoms. The average molecular weight is 387 g/mol. The molecule has 1 aromatic rings. The topological polar surface area (TPSA) is 99.5 Å². The summed E-state index contributed by atoms with van der Waals surface area (Å²) in [6.45, 7) is -0.505. The number of ether oxygens (including phenoxy) is 1. The summed E-state index contributed by atoms with van der Waals surface area (Å²) in [4.78, 5) is 37.8. The molecule has 2 aliphatic rings. The Morgan fingerprint density at radius 3 is 2.68 bits per heavy atom. The van der Waals surface area contributed by atoms with Crippen LogP contribution < -0.4 is 10.2 Å². The summed E-state index contributed by atoms with van der Waals surface area (Å²) in [7, 11) is 0. The summed E-state index contributed by atoms with van der Waals surface area (Å²) in [5.41, 5.74) is -0.777. The lowest BCUT2D eigenvalue weighted by molar-refractivity contribution is -0.152. The summed E-state index contributed by atoms with van der Waals surface area (Å²) < 4.78 is 18.9. The number of benzene rings is 1. The Morgan fingerprint density at radius 1 is 1.29 bits per heavy atom. The zero-order chi connectivity index (χ0) is 20.1. The summed E-state index contributed by atoms with van der Waals surface area (Å²) >= 11 is 0. The monoisotopic (exact) mass is 387 g/mol. The first-order valence-electron chi connectivity index (χ1n) is 9.38. The molecule has 2 amide bonds. The molecule has 1 saturated heterocycles. The number of nitrogens with one attached hydrogen (secondary N) is 1. The predicted molar refractivity (Wildman–Crippen MR) is 97.4 cm³/mol. The molecule has 1 atom stereocenters. The van der Waals surface area contributed by atoms with E-state index in [9.17, 15) is 24.0 Å². The Morgan fingerprint density at radius 2 is 2.00 bits per heavy atom. The largest absolute Gasteiger partial charge is 0.455 e. The van der Waals surface area contributed by atoms with E-state index in [2.05, 4.69) is 11.4 Å². The van der Waals surface area contributed by atoms with E-state index < -0.39 is 35.8 Å². The lowest BCUT2D eigenvalue weighted by Crippen LogP contribution is -2.50. The molecule has 1 aliphatic heterocycles. The molecule has 0 aromatic heterocycles. The van der Waals surface area contributed by atoms with Crippen LogP contribution in [-0.2, 0) is 19.1 Å². The van der Waals surface area contributed by atoms with Gasteiger partial charge >= 0.3 is 5.97 Å². The number of carbonyl (C=O) groups excluding carboxylic acids is 3. The van der Waals surface area contributed by atoms with Crippen LogP contribution in [0.15, 0.2) is 24.3 Å². The molecule has 3 rings (SSSR count). The van der Waals surface area contributed by atoms with Gasteiger partial charge in [-0.1, -0.05) is 31.4 Å². The normalized spacial score (nSPS) is 21.1. The fourth-order valence-electron chi connectivity index (χ4n) is 3.75. The van der Waals surface area contributed by atoms with E-state index in [1.54, 1.807) is 6.07 Å².